The lowest BCUT2D eigenvalue weighted by atomic mass is 10.2. The van der Waals surface area contributed by atoms with Crippen LogP contribution in [0.3, 0.4) is 0 Å². The summed E-state index contributed by atoms with van der Waals surface area (Å²) in [5.74, 6) is -1.85. The molecular weight excluding hydrogens is 280 g/mol. The third-order valence-corrected chi connectivity index (χ3v) is 2.82. The molecule has 0 aliphatic carbocycles. The van der Waals surface area contributed by atoms with Crippen LogP contribution in [0.5, 0.6) is 0 Å². The normalized spacial score (nSPS) is 10.4. The number of nitrogens with zero attached hydrogens (tertiary/aromatic N) is 2. The summed E-state index contributed by atoms with van der Waals surface area (Å²) in [6.07, 6.45) is 1.79. The van der Waals surface area contributed by atoms with Crippen molar-refractivity contribution in [1.82, 2.24) is 4.98 Å². The van der Waals surface area contributed by atoms with E-state index in [4.69, 9.17) is 10.8 Å². The van der Waals surface area contributed by atoms with Gasteiger partial charge in [0.25, 0.3) is 0 Å². The van der Waals surface area contributed by atoms with Gasteiger partial charge in [0, 0.05) is 12.8 Å². The number of aliphatic hydroxyl groups is 1. The molecule has 0 saturated carbocycles. The number of benzene rings is 1. The molecule has 7 heteroatoms. The number of carbonyl (C=O) groups excluding carboxylic acids is 1. The molecule has 1 aromatic heterocycles. The molecule has 3 N–H and O–H groups in total. The van der Waals surface area contributed by atoms with Crippen molar-refractivity contribution in [2.75, 3.05) is 11.5 Å². The van der Waals surface area contributed by atoms with Crippen molar-refractivity contribution in [2.45, 2.75) is 6.42 Å². The van der Waals surface area contributed by atoms with E-state index in [0.29, 0.717) is 11.3 Å². The van der Waals surface area contributed by atoms with Crippen molar-refractivity contribution in [1.29, 1.82) is 0 Å². The summed E-state index contributed by atoms with van der Waals surface area (Å²) in [6.45, 7) is -0.0531. The maximum Gasteiger partial charge on any atom is 0.325 e. The first kappa shape index (κ1) is 14.9. The SMILES string of the molecule is NC(=O)N(c1ccc(CCO)cn1)c1c(F)cccc1F. The average molecular weight is 293 g/mol. The van der Waals surface area contributed by atoms with Gasteiger partial charge in [-0.15, -0.1) is 0 Å². The Morgan fingerprint density at radius 2 is 1.90 bits per heavy atom. The number of primary amides is 1. The van der Waals surface area contributed by atoms with Gasteiger partial charge in [0.15, 0.2) is 0 Å². The molecule has 0 bridgehead atoms. The van der Waals surface area contributed by atoms with Crippen LogP contribution in [-0.2, 0) is 6.42 Å². The van der Waals surface area contributed by atoms with Crippen molar-refractivity contribution in [3.05, 3.63) is 53.7 Å². The lowest BCUT2D eigenvalue weighted by Gasteiger charge is -2.20. The molecule has 0 atom stereocenters. The van der Waals surface area contributed by atoms with Gasteiger partial charge in [-0.2, -0.15) is 0 Å². The average Bonchev–Trinajstić information content (AvgIpc) is 2.44. The minimum Gasteiger partial charge on any atom is -0.396 e. The van der Waals surface area contributed by atoms with Gasteiger partial charge in [-0.3, -0.25) is 0 Å². The second kappa shape index (κ2) is 6.27. The number of hydrogen-bond acceptors (Lipinski definition) is 3. The molecule has 2 aromatic rings. The van der Waals surface area contributed by atoms with E-state index in [1.165, 1.54) is 18.3 Å². The zero-order valence-corrected chi connectivity index (χ0v) is 11.0. The lowest BCUT2D eigenvalue weighted by molar-refractivity contribution is 0.255. The molecule has 2 amide bonds. The summed E-state index contributed by atoms with van der Waals surface area (Å²) in [7, 11) is 0. The molecule has 1 aromatic carbocycles. The minimum atomic E-state index is -1.05. The van der Waals surface area contributed by atoms with Crippen LogP contribution in [0.1, 0.15) is 5.56 Å². The third kappa shape index (κ3) is 3.14. The van der Waals surface area contributed by atoms with Crippen molar-refractivity contribution in [2.24, 2.45) is 5.73 Å². The number of para-hydroxylation sites is 1. The Bertz CT molecular complexity index is 627. The highest BCUT2D eigenvalue weighted by atomic mass is 19.1. The Balaban J connectivity index is 2.46. The highest BCUT2D eigenvalue weighted by molar-refractivity contribution is 5.97. The second-order valence-electron chi connectivity index (χ2n) is 4.24. The number of pyridine rings is 1. The quantitative estimate of drug-likeness (QED) is 0.906. The van der Waals surface area contributed by atoms with E-state index in [9.17, 15) is 13.6 Å². The summed E-state index contributed by atoms with van der Waals surface area (Å²) in [5, 5.41) is 8.83. The lowest BCUT2D eigenvalue weighted by Crippen LogP contribution is -2.33. The van der Waals surface area contributed by atoms with E-state index in [1.54, 1.807) is 6.07 Å². The van der Waals surface area contributed by atoms with E-state index < -0.39 is 23.4 Å². The summed E-state index contributed by atoms with van der Waals surface area (Å²) in [6, 6.07) is 5.17. The fourth-order valence-corrected chi connectivity index (χ4v) is 1.87. The Morgan fingerprint density at radius 3 is 2.38 bits per heavy atom. The maximum atomic E-state index is 13.8. The zero-order chi connectivity index (χ0) is 15.4. The smallest absolute Gasteiger partial charge is 0.325 e. The molecule has 1 heterocycles. The Kier molecular flexibility index (Phi) is 4.44. The van der Waals surface area contributed by atoms with Crippen LogP contribution in [0.2, 0.25) is 0 Å². The summed E-state index contributed by atoms with van der Waals surface area (Å²) < 4.78 is 27.6. The molecule has 0 aliphatic rings. The van der Waals surface area contributed by atoms with Crippen LogP contribution in [0, 0.1) is 11.6 Å². The van der Waals surface area contributed by atoms with E-state index in [2.05, 4.69) is 4.98 Å². The molecule has 21 heavy (non-hydrogen) atoms. The number of carbonyl (C=O) groups is 1. The summed E-state index contributed by atoms with van der Waals surface area (Å²) in [5.41, 5.74) is 5.35. The van der Waals surface area contributed by atoms with Gasteiger partial charge in [-0.05, 0) is 30.2 Å². The molecule has 5 nitrogen and oxygen atoms in total. The van der Waals surface area contributed by atoms with Gasteiger partial charge < -0.3 is 10.8 Å². The molecule has 0 radical (unpaired) electrons. The number of amides is 2. The number of hydrogen-bond donors (Lipinski definition) is 2. The number of nitrogens with two attached hydrogens (primary N) is 1. The van der Waals surface area contributed by atoms with Crippen molar-refractivity contribution in [3.8, 4) is 0 Å². The Hall–Kier alpha value is -2.54. The maximum absolute atomic E-state index is 13.8. The standard InChI is InChI=1S/C14H13F2N3O2/c15-10-2-1-3-11(16)13(10)19(14(17)21)12-5-4-9(6-7-20)8-18-12/h1-5,8,20H,6-7H2,(H2,17,21). The largest absolute Gasteiger partial charge is 0.396 e. The molecule has 110 valence electrons. The molecule has 0 aliphatic heterocycles. The van der Waals surface area contributed by atoms with Crippen molar-refractivity contribution < 1.29 is 18.7 Å². The molecule has 2 rings (SSSR count). The van der Waals surface area contributed by atoms with Crippen molar-refractivity contribution >= 4 is 17.5 Å². The highest BCUT2D eigenvalue weighted by Crippen LogP contribution is 2.29. The topological polar surface area (TPSA) is 79.5 Å². The summed E-state index contributed by atoms with van der Waals surface area (Å²) >= 11 is 0. The monoisotopic (exact) mass is 293 g/mol. The zero-order valence-electron chi connectivity index (χ0n) is 11.0. The molecule has 0 spiro atoms. The van der Waals surface area contributed by atoms with E-state index in [0.717, 1.165) is 17.7 Å². The van der Waals surface area contributed by atoms with Crippen LogP contribution in [0.25, 0.3) is 0 Å². The number of rotatable bonds is 4. The van der Waals surface area contributed by atoms with Gasteiger partial charge in [0.05, 0.1) is 0 Å². The van der Waals surface area contributed by atoms with Crippen LogP contribution in [-0.4, -0.2) is 22.7 Å². The van der Waals surface area contributed by atoms with Crippen LogP contribution < -0.4 is 10.6 Å². The third-order valence-electron chi connectivity index (χ3n) is 2.82. The molecule has 0 unspecified atom stereocenters. The fourth-order valence-electron chi connectivity index (χ4n) is 1.87. The van der Waals surface area contributed by atoms with Crippen LogP contribution in [0.4, 0.5) is 25.1 Å². The van der Waals surface area contributed by atoms with Gasteiger partial charge in [-0.1, -0.05) is 12.1 Å². The Morgan fingerprint density at radius 1 is 1.24 bits per heavy atom. The highest BCUT2D eigenvalue weighted by Gasteiger charge is 2.23. The first-order chi connectivity index (χ1) is 10.0. The molecular formula is C14H13F2N3O2. The predicted octanol–water partition coefficient (Wildman–Crippen LogP) is 2.11. The molecule has 0 saturated heterocycles. The molecule has 0 fully saturated rings. The number of aliphatic hydroxyl groups excluding tert-OH is 1. The predicted molar refractivity (Wildman–Crippen MR) is 73.1 cm³/mol. The summed E-state index contributed by atoms with van der Waals surface area (Å²) in [4.78, 5) is 16.2. The van der Waals surface area contributed by atoms with Gasteiger partial charge in [-0.25, -0.2) is 23.5 Å². The number of anilines is 2. The first-order valence-corrected chi connectivity index (χ1v) is 6.14. The van der Waals surface area contributed by atoms with E-state index >= 15 is 0 Å². The Labute approximate surface area is 119 Å². The second-order valence-corrected chi connectivity index (χ2v) is 4.24. The van der Waals surface area contributed by atoms with Crippen LogP contribution in [0.15, 0.2) is 36.5 Å². The van der Waals surface area contributed by atoms with E-state index in [1.807, 2.05) is 0 Å². The number of halogens is 2. The first-order valence-electron chi connectivity index (χ1n) is 6.14. The van der Waals surface area contributed by atoms with Gasteiger partial charge >= 0.3 is 6.03 Å². The minimum absolute atomic E-state index is 0.00631. The van der Waals surface area contributed by atoms with Crippen molar-refractivity contribution in [3.63, 3.8) is 0 Å². The van der Waals surface area contributed by atoms with Crippen LogP contribution >= 0.6 is 0 Å². The van der Waals surface area contributed by atoms with Gasteiger partial charge in [0.1, 0.15) is 23.1 Å². The number of urea groups is 1. The van der Waals surface area contributed by atoms with E-state index in [-0.39, 0.29) is 12.4 Å². The fraction of sp³-hybridized carbons (Fsp3) is 0.143. The van der Waals surface area contributed by atoms with Gasteiger partial charge in [0.2, 0.25) is 0 Å². The number of aromatic nitrogens is 1.